The van der Waals surface area contributed by atoms with Gasteiger partial charge in [-0.05, 0) is 84.9 Å². The zero-order chi connectivity index (χ0) is 38.7. The lowest BCUT2D eigenvalue weighted by Crippen LogP contribution is -2.23. The second-order valence-electron chi connectivity index (χ2n) is 10.9. The van der Waals surface area contributed by atoms with Crippen molar-refractivity contribution in [3.05, 3.63) is 132 Å². The number of rotatable bonds is 12. The first-order valence-corrected chi connectivity index (χ1v) is 17.2. The number of urea groups is 1. The first-order valence-electron chi connectivity index (χ1n) is 15.0. The highest BCUT2D eigenvalue weighted by Gasteiger charge is 2.26. The number of halogens is 2. The van der Waals surface area contributed by atoms with E-state index >= 15 is 0 Å². The Morgan fingerprint density at radius 2 is 0.981 bits per heavy atom. The summed E-state index contributed by atoms with van der Waals surface area (Å²) in [4.78, 5) is 37.5. The summed E-state index contributed by atoms with van der Waals surface area (Å²) in [5, 5.41) is 33.0. The average Bonchev–Trinajstić information content (AvgIpc) is 3.81. The molecule has 2 heterocycles. The Morgan fingerprint density at radius 3 is 1.31 bits per heavy atom. The summed E-state index contributed by atoms with van der Waals surface area (Å²) >= 11 is -5.61. The zero-order valence-electron chi connectivity index (χ0n) is 27.0. The Morgan fingerprint density at radius 1 is 0.611 bits per heavy atom. The molecule has 2 amide bonds. The first-order chi connectivity index (χ1) is 25.8. The van der Waals surface area contributed by atoms with Gasteiger partial charge >= 0.3 is 18.0 Å². The van der Waals surface area contributed by atoms with Crippen LogP contribution in [0.4, 0.5) is 47.7 Å². The largest absolute Gasteiger partial charge is 0.478 e. The van der Waals surface area contributed by atoms with Gasteiger partial charge in [0.25, 0.3) is 22.5 Å². The van der Waals surface area contributed by atoms with Gasteiger partial charge in [-0.1, -0.05) is 0 Å². The molecule has 0 saturated heterocycles. The molecule has 0 radical (unpaired) electrons. The summed E-state index contributed by atoms with van der Waals surface area (Å²) in [6.45, 7) is 0. The van der Waals surface area contributed by atoms with Gasteiger partial charge in [-0.3, -0.25) is 9.11 Å². The monoisotopic (exact) mass is 778 g/mol. The molecule has 276 valence electrons. The molecule has 0 spiro atoms. The second kappa shape index (κ2) is 15.4. The number of aromatic carboxylic acids is 2. The number of aromatic nitrogens is 4. The SMILES string of the molecule is O=C(Nc1ccc(N(c2cnn(-c3ccc(F)cc3)c2)S(=O)O)c(C(=O)O)c1)Nc1ccc(N(c2cnn(-c3ccc(F)cc3)c2)S(=O)O)c(C(=O)O)c1. The standard InChI is InChI=1S/C33H24F2N8O9S2/c34-19-1-7-23(8-2-19)40-17-25(15-36-40)42(53(49)50)29-11-5-21(13-27(29)31(44)45)38-33(48)39-22-6-12-30(28(14-22)32(46)47)43(54(51)52)26-16-37-41(18-26)24-9-3-20(35)4-10-24/h1-18H,(H,44,45)(H,46,47)(H,49,50)(H,51,52)(H2,38,39,48). The van der Waals surface area contributed by atoms with E-state index < -0.39 is 63.3 Å². The van der Waals surface area contributed by atoms with Crippen LogP contribution in [-0.4, -0.2) is 65.3 Å². The molecular weight excluding hydrogens is 755 g/mol. The molecule has 6 N–H and O–H groups in total. The van der Waals surface area contributed by atoms with E-state index in [0.717, 1.165) is 20.7 Å². The molecule has 21 heteroatoms. The minimum atomic E-state index is -2.80. The molecule has 54 heavy (non-hydrogen) atoms. The van der Waals surface area contributed by atoms with Crippen molar-refractivity contribution < 1.29 is 50.9 Å². The molecule has 2 aromatic heterocycles. The quantitative estimate of drug-likeness (QED) is 0.0798. The average molecular weight is 779 g/mol. The van der Waals surface area contributed by atoms with E-state index in [4.69, 9.17) is 0 Å². The predicted molar refractivity (Wildman–Crippen MR) is 192 cm³/mol. The van der Waals surface area contributed by atoms with Gasteiger partial charge in [-0.15, -0.1) is 0 Å². The van der Waals surface area contributed by atoms with Crippen molar-refractivity contribution in [1.29, 1.82) is 0 Å². The highest BCUT2D eigenvalue weighted by atomic mass is 32.2. The second-order valence-corrected chi connectivity index (χ2v) is 12.6. The van der Waals surface area contributed by atoms with Gasteiger partial charge in [0.15, 0.2) is 0 Å². The maximum Gasteiger partial charge on any atom is 0.337 e. The number of carboxylic acids is 2. The predicted octanol–water partition coefficient (Wildman–Crippen LogP) is 5.93. The normalized spacial score (nSPS) is 12.1. The topological polar surface area (TPSA) is 232 Å². The number of nitrogens with one attached hydrogen (secondary N) is 2. The number of anilines is 6. The third-order valence-corrected chi connectivity index (χ3v) is 8.95. The van der Waals surface area contributed by atoms with Gasteiger partial charge in [0.05, 0.1) is 70.0 Å². The van der Waals surface area contributed by atoms with Gasteiger partial charge in [0.2, 0.25) is 0 Å². The molecule has 2 unspecified atom stereocenters. The van der Waals surface area contributed by atoms with Crippen LogP contribution in [0.5, 0.6) is 0 Å². The van der Waals surface area contributed by atoms with Crippen LogP contribution in [0.25, 0.3) is 11.4 Å². The number of carbonyl (C=O) groups excluding carboxylic acids is 1. The van der Waals surface area contributed by atoms with Crippen LogP contribution in [0.15, 0.2) is 110 Å². The third kappa shape index (κ3) is 7.98. The number of carboxylic acid groups (broad SMARTS) is 2. The van der Waals surface area contributed by atoms with Gasteiger partial charge in [0, 0.05) is 11.4 Å². The van der Waals surface area contributed by atoms with Crippen LogP contribution < -0.4 is 19.2 Å². The van der Waals surface area contributed by atoms with Crippen LogP contribution in [-0.2, 0) is 22.5 Å². The number of carbonyl (C=O) groups is 3. The van der Waals surface area contributed by atoms with Crippen LogP contribution in [0, 0.1) is 11.6 Å². The minimum Gasteiger partial charge on any atom is -0.478 e. The van der Waals surface area contributed by atoms with Crippen molar-refractivity contribution in [3.63, 3.8) is 0 Å². The van der Waals surface area contributed by atoms with Crippen molar-refractivity contribution in [2.45, 2.75) is 0 Å². The molecular formula is C33H24F2N8O9S2. The fraction of sp³-hybridized carbons (Fsp3) is 0. The summed E-state index contributed by atoms with van der Waals surface area (Å²) in [5.41, 5.74) is -0.804. The molecule has 0 aliphatic heterocycles. The van der Waals surface area contributed by atoms with Crippen molar-refractivity contribution in [1.82, 2.24) is 19.6 Å². The van der Waals surface area contributed by atoms with Crippen molar-refractivity contribution in [2.75, 3.05) is 19.2 Å². The van der Waals surface area contributed by atoms with Crippen LogP contribution >= 0.6 is 0 Å². The molecule has 17 nitrogen and oxygen atoms in total. The van der Waals surface area contributed by atoms with Gasteiger partial charge in [-0.2, -0.15) is 10.2 Å². The summed E-state index contributed by atoms with van der Waals surface area (Å²) in [6, 6.07) is 16.3. The fourth-order valence-corrected chi connectivity index (χ4v) is 6.36. The van der Waals surface area contributed by atoms with E-state index in [1.54, 1.807) is 0 Å². The van der Waals surface area contributed by atoms with Gasteiger partial charge in [0.1, 0.15) is 11.6 Å². The van der Waals surface area contributed by atoms with Crippen LogP contribution in [0.2, 0.25) is 0 Å². The molecule has 4 aromatic carbocycles. The van der Waals surface area contributed by atoms with Gasteiger partial charge in [-0.25, -0.2) is 49.6 Å². The Hall–Kier alpha value is -6.81. The first kappa shape index (κ1) is 37.0. The molecule has 0 aliphatic carbocycles. The lowest BCUT2D eigenvalue weighted by Gasteiger charge is -2.21. The Kier molecular flexibility index (Phi) is 10.6. The Balaban J connectivity index is 1.22. The molecule has 0 aliphatic rings. The van der Waals surface area contributed by atoms with E-state index in [9.17, 15) is 50.9 Å². The van der Waals surface area contributed by atoms with Crippen molar-refractivity contribution in [3.8, 4) is 11.4 Å². The van der Waals surface area contributed by atoms with Crippen LogP contribution in [0.3, 0.4) is 0 Å². The molecule has 0 saturated carbocycles. The maximum atomic E-state index is 13.4. The number of amides is 2. The lowest BCUT2D eigenvalue weighted by atomic mass is 10.1. The number of hydrogen-bond donors (Lipinski definition) is 6. The zero-order valence-corrected chi connectivity index (χ0v) is 28.6. The number of benzene rings is 4. The van der Waals surface area contributed by atoms with E-state index in [-0.39, 0.29) is 34.1 Å². The Bertz CT molecular complexity index is 2280. The summed E-state index contributed by atoms with van der Waals surface area (Å²) in [6.07, 6.45) is 5.03. The smallest absolute Gasteiger partial charge is 0.337 e. The maximum absolute atomic E-state index is 13.4. The van der Waals surface area contributed by atoms with Gasteiger partial charge < -0.3 is 20.8 Å². The summed E-state index contributed by atoms with van der Waals surface area (Å²) in [7, 11) is 0. The lowest BCUT2D eigenvalue weighted by molar-refractivity contribution is 0.0687. The van der Waals surface area contributed by atoms with E-state index in [0.29, 0.717) is 11.4 Å². The molecule has 0 bridgehead atoms. The number of nitrogens with zero attached hydrogens (tertiary/aromatic N) is 6. The number of hydrogen-bond acceptors (Lipinski definition) is 7. The van der Waals surface area contributed by atoms with Crippen LogP contribution in [0.1, 0.15) is 20.7 Å². The molecule has 0 fully saturated rings. The highest BCUT2D eigenvalue weighted by molar-refractivity contribution is 7.81. The fourth-order valence-electron chi connectivity index (χ4n) is 5.15. The highest BCUT2D eigenvalue weighted by Crippen LogP contribution is 2.34. The summed E-state index contributed by atoms with van der Waals surface area (Å²) in [5.74, 6) is -4.03. The molecule has 6 aromatic rings. The minimum absolute atomic E-state index is 0.00380. The van der Waals surface area contributed by atoms with Crippen molar-refractivity contribution >= 4 is 74.6 Å². The van der Waals surface area contributed by atoms with E-state index in [1.807, 2.05) is 0 Å². The summed E-state index contributed by atoms with van der Waals surface area (Å²) < 4.78 is 76.0. The Labute approximate surface area is 307 Å². The molecule has 6 rings (SSSR count). The van der Waals surface area contributed by atoms with E-state index in [1.165, 1.54) is 107 Å². The van der Waals surface area contributed by atoms with Crippen molar-refractivity contribution in [2.24, 2.45) is 0 Å². The molecule has 2 atom stereocenters. The van der Waals surface area contributed by atoms with E-state index in [2.05, 4.69) is 20.8 Å². The third-order valence-electron chi connectivity index (χ3n) is 7.51.